The molecule has 0 unspecified atom stereocenters. The van der Waals surface area contributed by atoms with E-state index in [0.29, 0.717) is 36.0 Å². The number of halogens is 1. The van der Waals surface area contributed by atoms with Crippen LogP contribution in [0.3, 0.4) is 0 Å². The van der Waals surface area contributed by atoms with Crippen LogP contribution in [0.1, 0.15) is 12.0 Å². The lowest BCUT2D eigenvalue weighted by atomic mass is 10.2. The van der Waals surface area contributed by atoms with E-state index in [-0.39, 0.29) is 5.91 Å². The van der Waals surface area contributed by atoms with Crippen molar-refractivity contribution in [3.05, 3.63) is 59.1 Å². The Morgan fingerprint density at radius 2 is 1.88 bits per heavy atom. The normalized spacial score (nSPS) is 10.8. The molecular weight excluding hydrogens is 352 g/mol. The molecule has 0 fully saturated rings. The maximum Gasteiger partial charge on any atom is 0.225 e. The highest BCUT2D eigenvalue weighted by molar-refractivity contribution is 6.31. The van der Waals surface area contributed by atoms with E-state index in [1.54, 1.807) is 32.4 Å². The summed E-state index contributed by atoms with van der Waals surface area (Å²) in [5.74, 6) is 0.504. The molecule has 0 aliphatic rings. The number of benzene rings is 2. The molecule has 1 N–H and O–H groups in total. The Morgan fingerprint density at radius 3 is 2.58 bits per heavy atom. The Hall–Kier alpha value is -2.08. The van der Waals surface area contributed by atoms with Crippen molar-refractivity contribution in [3.63, 3.8) is 0 Å². The van der Waals surface area contributed by atoms with Gasteiger partial charge in [-0.25, -0.2) is 0 Å². The Morgan fingerprint density at radius 1 is 1.12 bits per heavy atom. The van der Waals surface area contributed by atoms with E-state index in [2.05, 4.69) is 22.3 Å². The first kappa shape index (κ1) is 20.2. The number of ether oxygens (including phenoxy) is 2. The molecule has 2 aromatic carbocycles. The fourth-order valence-corrected chi connectivity index (χ4v) is 2.75. The van der Waals surface area contributed by atoms with Crippen LogP contribution >= 0.6 is 11.6 Å². The fraction of sp³-hybridized carbons (Fsp3) is 0.350. The van der Waals surface area contributed by atoms with Crippen LogP contribution in [0.5, 0.6) is 5.75 Å². The number of carbonyl (C=O) groups is 1. The Labute approximate surface area is 159 Å². The lowest BCUT2D eigenvalue weighted by molar-refractivity contribution is -0.116. The Bertz CT molecular complexity index is 695. The number of nitrogens with one attached hydrogen (secondary N) is 1. The predicted molar refractivity (Wildman–Crippen MR) is 105 cm³/mol. The molecule has 0 saturated heterocycles. The molecule has 0 spiro atoms. The van der Waals surface area contributed by atoms with Gasteiger partial charge in [0.25, 0.3) is 0 Å². The van der Waals surface area contributed by atoms with Crippen molar-refractivity contribution in [1.82, 2.24) is 4.90 Å². The van der Waals surface area contributed by atoms with Crippen molar-refractivity contribution in [2.45, 2.75) is 13.0 Å². The van der Waals surface area contributed by atoms with Crippen molar-refractivity contribution in [2.75, 3.05) is 39.2 Å². The standard InChI is InChI=1S/C20H25ClN2O3/c1-25-13-12-23(15-16-6-4-3-5-7-16)11-10-20(24)22-18-14-17(21)8-9-19(18)26-2/h3-9,14H,10-13,15H2,1-2H3,(H,22,24). The number of rotatable bonds is 10. The minimum atomic E-state index is -0.0824. The van der Waals surface area contributed by atoms with Gasteiger partial charge in [-0.15, -0.1) is 0 Å². The summed E-state index contributed by atoms with van der Waals surface area (Å²) in [6.45, 7) is 2.79. The van der Waals surface area contributed by atoms with E-state index >= 15 is 0 Å². The lowest BCUT2D eigenvalue weighted by Crippen LogP contribution is -2.30. The molecule has 0 aliphatic heterocycles. The molecule has 2 aromatic rings. The van der Waals surface area contributed by atoms with Gasteiger partial charge in [-0.05, 0) is 23.8 Å². The second-order valence-electron chi connectivity index (χ2n) is 5.90. The van der Waals surface area contributed by atoms with Gasteiger partial charge in [0.1, 0.15) is 5.75 Å². The monoisotopic (exact) mass is 376 g/mol. The predicted octanol–water partition coefficient (Wildman–Crippen LogP) is 3.83. The summed E-state index contributed by atoms with van der Waals surface area (Å²) in [5, 5.41) is 3.42. The van der Waals surface area contributed by atoms with Gasteiger partial charge >= 0.3 is 0 Å². The Kier molecular flexibility index (Phi) is 8.41. The van der Waals surface area contributed by atoms with E-state index in [0.717, 1.165) is 13.1 Å². The third kappa shape index (κ3) is 6.67. The topological polar surface area (TPSA) is 50.8 Å². The molecule has 140 valence electrons. The van der Waals surface area contributed by atoms with E-state index in [9.17, 15) is 4.79 Å². The average molecular weight is 377 g/mol. The average Bonchev–Trinajstić information content (AvgIpc) is 2.65. The number of anilines is 1. The maximum atomic E-state index is 12.4. The first-order chi connectivity index (χ1) is 12.6. The summed E-state index contributed by atoms with van der Waals surface area (Å²) in [7, 11) is 3.24. The van der Waals surface area contributed by atoms with Crippen LogP contribution in [0.2, 0.25) is 5.02 Å². The van der Waals surface area contributed by atoms with Crippen molar-refractivity contribution < 1.29 is 14.3 Å². The number of carbonyl (C=O) groups excluding carboxylic acids is 1. The highest BCUT2D eigenvalue weighted by Crippen LogP contribution is 2.27. The minimum absolute atomic E-state index is 0.0824. The smallest absolute Gasteiger partial charge is 0.225 e. The SMILES string of the molecule is COCCN(CCC(=O)Nc1cc(Cl)ccc1OC)Cc1ccccc1. The summed E-state index contributed by atoms with van der Waals surface area (Å²) in [5.41, 5.74) is 1.79. The van der Waals surface area contributed by atoms with Crippen LogP contribution in [-0.2, 0) is 16.1 Å². The molecule has 0 bridgehead atoms. The van der Waals surface area contributed by atoms with Crippen LogP contribution in [0, 0.1) is 0 Å². The molecule has 26 heavy (non-hydrogen) atoms. The summed E-state index contributed by atoms with van der Waals surface area (Å²) in [6.07, 6.45) is 0.367. The number of methoxy groups -OCH3 is 2. The summed E-state index contributed by atoms with van der Waals surface area (Å²) in [6, 6.07) is 15.3. The van der Waals surface area contributed by atoms with Crippen LogP contribution < -0.4 is 10.1 Å². The van der Waals surface area contributed by atoms with Crippen LogP contribution in [0.15, 0.2) is 48.5 Å². The lowest BCUT2D eigenvalue weighted by Gasteiger charge is -2.22. The van der Waals surface area contributed by atoms with Gasteiger partial charge in [0, 0.05) is 38.2 Å². The fourth-order valence-electron chi connectivity index (χ4n) is 2.58. The molecule has 0 saturated carbocycles. The molecule has 0 radical (unpaired) electrons. The molecule has 5 nitrogen and oxygen atoms in total. The van der Waals surface area contributed by atoms with Crippen LogP contribution in [0.25, 0.3) is 0 Å². The summed E-state index contributed by atoms with van der Waals surface area (Å²) in [4.78, 5) is 14.6. The second kappa shape index (κ2) is 10.8. The van der Waals surface area contributed by atoms with E-state index in [1.165, 1.54) is 5.56 Å². The molecule has 0 atom stereocenters. The maximum absolute atomic E-state index is 12.4. The van der Waals surface area contributed by atoms with Crippen molar-refractivity contribution in [3.8, 4) is 5.75 Å². The first-order valence-electron chi connectivity index (χ1n) is 8.51. The second-order valence-corrected chi connectivity index (χ2v) is 6.33. The first-order valence-corrected chi connectivity index (χ1v) is 8.88. The zero-order valence-electron chi connectivity index (χ0n) is 15.2. The number of amides is 1. The highest BCUT2D eigenvalue weighted by Gasteiger charge is 2.12. The van der Waals surface area contributed by atoms with Gasteiger partial charge in [-0.3, -0.25) is 9.69 Å². The zero-order chi connectivity index (χ0) is 18.8. The molecule has 6 heteroatoms. The number of nitrogens with zero attached hydrogens (tertiary/aromatic N) is 1. The van der Waals surface area contributed by atoms with E-state index in [1.807, 2.05) is 18.2 Å². The quantitative estimate of drug-likeness (QED) is 0.684. The van der Waals surface area contributed by atoms with Crippen LogP contribution in [-0.4, -0.2) is 44.7 Å². The van der Waals surface area contributed by atoms with Gasteiger partial charge < -0.3 is 14.8 Å². The van der Waals surface area contributed by atoms with Crippen LogP contribution in [0.4, 0.5) is 5.69 Å². The Balaban J connectivity index is 1.92. The van der Waals surface area contributed by atoms with E-state index < -0.39 is 0 Å². The highest BCUT2D eigenvalue weighted by atomic mass is 35.5. The van der Waals surface area contributed by atoms with Crippen molar-refractivity contribution in [2.24, 2.45) is 0 Å². The van der Waals surface area contributed by atoms with Gasteiger partial charge in [-0.1, -0.05) is 41.9 Å². The van der Waals surface area contributed by atoms with Gasteiger partial charge in [0.05, 0.1) is 19.4 Å². The largest absolute Gasteiger partial charge is 0.495 e. The van der Waals surface area contributed by atoms with Gasteiger partial charge in [0.15, 0.2) is 0 Å². The van der Waals surface area contributed by atoms with Crippen molar-refractivity contribution >= 4 is 23.2 Å². The van der Waals surface area contributed by atoms with Gasteiger partial charge in [0.2, 0.25) is 5.91 Å². The summed E-state index contributed by atoms with van der Waals surface area (Å²) < 4.78 is 10.4. The molecule has 0 heterocycles. The summed E-state index contributed by atoms with van der Waals surface area (Å²) >= 11 is 6.00. The number of hydrogen-bond acceptors (Lipinski definition) is 4. The molecular formula is C20H25ClN2O3. The third-order valence-electron chi connectivity index (χ3n) is 3.95. The minimum Gasteiger partial charge on any atom is -0.495 e. The molecule has 1 amide bonds. The van der Waals surface area contributed by atoms with E-state index in [4.69, 9.17) is 21.1 Å². The zero-order valence-corrected chi connectivity index (χ0v) is 16.0. The number of hydrogen-bond donors (Lipinski definition) is 1. The van der Waals surface area contributed by atoms with Gasteiger partial charge in [-0.2, -0.15) is 0 Å². The van der Waals surface area contributed by atoms with Crippen molar-refractivity contribution in [1.29, 1.82) is 0 Å². The molecule has 2 rings (SSSR count). The molecule has 0 aliphatic carbocycles. The third-order valence-corrected chi connectivity index (χ3v) is 4.19. The molecule has 0 aromatic heterocycles.